The van der Waals surface area contributed by atoms with E-state index in [-0.39, 0.29) is 24.5 Å². The molecule has 0 saturated carbocycles. The Balaban J connectivity index is 2.59. The van der Waals surface area contributed by atoms with Gasteiger partial charge in [0.15, 0.2) is 0 Å². The van der Waals surface area contributed by atoms with Crippen molar-refractivity contribution in [3.05, 3.63) is 35.9 Å². The fourth-order valence-corrected chi connectivity index (χ4v) is 2.30. The molecule has 0 unspecified atom stereocenters. The van der Waals surface area contributed by atoms with Crippen LogP contribution < -0.4 is 0 Å². The summed E-state index contributed by atoms with van der Waals surface area (Å²) in [7, 11) is 3.68. The van der Waals surface area contributed by atoms with Crippen molar-refractivity contribution in [3.63, 3.8) is 0 Å². The van der Waals surface area contributed by atoms with Crippen molar-refractivity contribution < 1.29 is 14.3 Å². The van der Waals surface area contributed by atoms with E-state index in [0.717, 1.165) is 6.54 Å². The summed E-state index contributed by atoms with van der Waals surface area (Å²) in [6.45, 7) is 8.50. The average molecular weight is 307 g/mol. The highest BCUT2D eigenvalue weighted by Crippen LogP contribution is 2.16. The number of nitrogens with zero attached hydrogens (tertiary/aromatic N) is 1. The van der Waals surface area contributed by atoms with Crippen molar-refractivity contribution in [2.24, 2.45) is 0 Å². The zero-order valence-electron chi connectivity index (χ0n) is 14.6. The van der Waals surface area contributed by atoms with E-state index in [1.54, 1.807) is 7.11 Å². The molecular weight excluding hydrogens is 278 g/mol. The summed E-state index contributed by atoms with van der Waals surface area (Å²) in [5.41, 5.74) is 0.776. The van der Waals surface area contributed by atoms with Crippen LogP contribution in [0.4, 0.5) is 0 Å². The van der Waals surface area contributed by atoms with Gasteiger partial charge in [-0.15, -0.1) is 0 Å². The number of carbonyl (C=O) groups excluding carboxylic acids is 1. The Kier molecular flexibility index (Phi) is 7.04. The summed E-state index contributed by atoms with van der Waals surface area (Å²) < 4.78 is 10.9. The molecular formula is C18H29NO3. The van der Waals surface area contributed by atoms with Gasteiger partial charge in [0.25, 0.3) is 0 Å². The van der Waals surface area contributed by atoms with Crippen LogP contribution in [-0.2, 0) is 20.8 Å². The molecule has 4 heteroatoms. The summed E-state index contributed by atoms with van der Waals surface area (Å²) in [5, 5.41) is 0. The molecule has 0 fully saturated rings. The number of esters is 1. The van der Waals surface area contributed by atoms with E-state index >= 15 is 0 Å². The Morgan fingerprint density at radius 2 is 1.82 bits per heavy atom. The van der Waals surface area contributed by atoms with E-state index in [1.165, 1.54) is 5.56 Å². The molecule has 0 aliphatic heterocycles. The second kappa shape index (κ2) is 8.30. The number of methoxy groups -OCH3 is 1. The van der Waals surface area contributed by atoms with Crippen molar-refractivity contribution in [2.45, 2.75) is 58.4 Å². The SMILES string of the molecule is CO[C@H](CC(=O)OC(C)(C)C)[C@H](C)N(C)Cc1ccccc1. The van der Waals surface area contributed by atoms with Crippen LogP contribution in [0.1, 0.15) is 39.7 Å². The zero-order valence-corrected chi connectivity index (χ0v) is 14.6. The number of hydrogen-bond acceptors (Lipinski definition) is 4. The van der Waals surface area contributed by atoms with Gasteiger partial charge in [-0.25, -0.2) is 0 Å². The first-order valence-corrected chi connectivity index (χ1v) is 7.71. The molecule has 0 N–H and O–H groups in total. The smallest absolute Gasteiger partial charge is 0.309 e. The molecule has 2 atom stereocenters. The first-order valence-electron chi connectivity index (χ1n) is 7.71. The Bertz CT molecular complexity index is 453. The van der Waals surface area contributed by atoms with Gasteiger partial charge < -0.3 is 9.47 Å². The highest BCUT2D eigenvalue weighted by molar-refractivity contribution is 5.70. The fraction of sp³-hybridized carbons (Fsp3) is 0.611. The van der Waals surface area contributed by atoms with Gasteiger partial charge in [-0.3, -0.25) is 9.69 Å². The molecule has 0 saturated heterocycles. The molecule has 1 rings (SSSR count). The number of rotatable bonds is 7. The first-order chi connectivity index (χ1) is 10.2. The predicted octanol–water partition coefficient (Wildman–Crippen LogP) is 3.25. The summed E-state index contributed by atoms with van der Waals surface area (Å²) in [4.78, 5) is 14.2. The van der Waals surface area contributed by atoms with Gasteiger partial charge in [0, 0.05) is 19.7 Å². The van der Waals surface area contributed by atoms with Crippen LogP contribution in [0.15, 0.2) is 30.3 Å². The predicted molar refractivity (Wildman–Crippen MR) is 88.6 cm³/mol. The van der Waals surface area contributed by atoms with E-state index in [2.05, 4.69) is 24.0 Å². The molecule has 0 aliphatic rings. The lowest BCUT2D eigenvalue weighted by Crippen LogP contribution is -2.41. The molecule has 0 amide bonds. The van der Waals surface area contributed by atoms with Gasteiger partial charge in [-0.2, -0.15) is 0 Å². The lowest BCUT2D eigenvalue weighted by Gasteiger charge is -2.31. The van der Waals surface area contributed by atoms with Gasteiger partial charge in [-0.05, 0) is 40.3 Å². The van der Waals surface area contributed by atoms with Crippen molar-refractivity contribution in [2.75, 3.05) is 14.2 Å². The van der Waals surface area contributed by atoms with Crippen LogP contribution in [0, 0.1) is 0 Å². The van der Waals surface area contributed by atoms with Crippen LogP contribution in [0.5, 0.6) is 0 Å². The van der Waals surface area contributed by atoms with Crippen molar-refractivity contribution in [1.82, 2.24) is 4.90 Å². The van der Waals surface area contributed by atoms with Gasteiger partial charge in [0.2, 0.25) is 0 Å². The summed E-state index contributed by atoms with van der Waals surface area (Å²) in [6.07, 6.45) is 0.0669. The Morgan fingerprint density at radius 3 is 2.32 bits per heavy atom. The molecule has 22 heavy (non-hydrogen) atoms. The maximum Gasteiger partial charge on any atom is 0.309 e. The highest BCUT2D eigenvalue weighted by atomic mass is 16.6. The minimum absolute atomic E-state index is 0.109. The van der Waals surface area contributed by atoms with E-state index in [4.69, 9.17) is 9.47 Å². The summed E-state index contributed by atoms with van der Waals surface area (Å²) >= 11 is 0. The topological polar surface area (TPSA) is 38.8 Å². The lowest BCUT2D eigenvalue weighted by atomic mass is 10.1. The molecule has 0 aromatic heterocycles. The van der Waals surface area contributed by atoms with Crippen LogP contribution in [0.25, 0.3) is 0 Å². The highest BCUT2D eigenvalue weighted by Gasteiger charge is 2.26. The zero-order chi connectivity index (χ0) is 16.8. The van der Waals surface area contributed by atoms with E-state index in [9.17, 15) is 4.79 Å². The molecule has 0 spiro atoms. The standard InChI is InChI=1S/C18H29NO3/c1-14(19(5)13-15-10-8-7-9-11-15)16(21-6)12-17(20)22-18(2,3)4/h7-11,14,16H,12-13H2,1-6H3/t14-,16+/m0/s1. The van der Waals surface area contributed by atoms with Crippen molar-refractivity contribution in [1.29, 1.82) is 0 Å². The largest absolute Gasteiger partial charge is 0.460 e. The van der Waals surface area contributed by atoms with Gasteiger partial charge in [0.05, 0.1) is 12.5 Å². The van der Waals surface area contributed by atoms with Gasteiger partial charge in [-0.1, -0.05) is 30.3 Å². The van der Waals surface area contributed by atoms with E-state index in [1.807, 2.05) is 46.0 Å². The monoisotopic (exact) mass is 307 g/mol. The van der Waals surface area contributed by atoms with E-state index in [0.29, 0.717) is 0 Å². The minimum Gasteiger partial charge on any atom is -0.460 e. The molecule has 1 aromatic rings. The van der Waals surface area contributed by atoms with Gasteiger partial charge in [0.1, 0.15) is 5.60 Å². The average Bonchev–Trinajstić information content (AvgIpc) is 2.43. The van der Waals surface area contributed by atoms with Crippen LogP contribution in [0.3, 0.4) is 0 Å². The first kappa shape index (κ1) is 18.7. The summed E-state index contributed by atoms with van der Waals surface area (Å²) in [6, 6.07) is 10.4. The maximum atomic E-state index is 12.0. The molecule has 0 radical (unpaired) electrons. The number of carbonyl (C=O) groups is 1. The molecule has 4 nitrogen and oxygen atoms in total. The Labute approximate surface area is 134 Å². The summed E-state index contributed by atoms with van der Waals surface area (Å²) in [5.74, 6) is -0.223. The number of ether oxygens (including phenoxy) is 2. The fourth-order valence-electron chi connectivity index (χ4n) is 2.30. The number of hydrogen-bond donors (Lipinski definition) is 0. The maximum absolute atomic E-state index is 12.0. The Hall–Kier alpha value is -1.39. The minimum atomic E-state index is -0.464. The third-order valence-electron chi connectivity index (χ3n) is 3.60. The van der Waals surface area contributed by atoms with Crippen molar-refractivity contribution in [3.8, 4) is 0 Å². The molecule has 1 aromatic carbocycles. The second-order valence-electron chi connectivity index (χ2n) is 6.71. The van der Waals surface area contributed by atoms with E-state index < -0.39 is 5.60 Å². The second-order valence-corrected chi connectivity index (χ2v) is 6.71. The number of likely N-dealkylation sites (N-methyl/N-ethyl adjacent to an activating group) is 1. The Morgan fingerprint density at radius 1 is 1.23 bits per heavy atom. The molecule has 0 aliphatic carbocycles. The lowest BCUT2D eigenvalue weighted by molar-refractivity contribution is -0.158. The van der Waals surface area contributed by atoms with Crippen LogP contribution in [0.2, 0.25) is 0 Å². The number of benzene rings is 1. The normalized spacial score (nSPS) is 14.7. The van der Waals surface area contributed by atoms with Crippen molar-refractivity contribution >= 4 is 5.97 Å². The molecule has 0 heterocycles. The van der Waals surface area contributed by atoms with Crippen LogP contribution >= 0.6 is 0 Å². The molecule has 124 valence electrons. The third kappa shape index (κ3) is 6.58. The van der Waals surface area contributed by atoms with Gasteiger partial charge >= 0.3 is 5.97 Å². The third-order valence-corrected chi connectivity index (χ3v) is 3.60. The molecule has 0 bridgehead atoms. The van der Waals surface area contributed by atoms with Crippen LogP contribution in [-0.4, -0.2) is 42.8 Å². The quantitative estimate of drug-likeness (QED) is 0.725.